The first kappa shape index (κ1) is 20.7. The number of carbonyl (C=O) groups excluding carboxylic acids is 3. The highest BCUT2D eigenvalue weighted by Crippen LogP contribution is 2.22. The minimum absolute atomic E-state index is 0.148. The Morgan fingerprint density at radius 1 is 1.15 bits per heavy atom. The Balaban J connectivity index is 1.81. The first-order chi connectivity index (χ1) is 12.9. The van der Waals surface area contributed by atoms with Gasteiger partial charge < -0.3 is 19.7 Å². The zero-order valence-corrected chi connectivity index (χ0v) is 16.2. The van der Waals surface area contributed by atoms with Gasteiger partial charge in [0.2, 0.25) is 0 Å². The SMILES string of the molecule is CCOc1ccccc1C(=O)NCC(=O)OCC(=O)N1[C@H](C)CCC[C@H]1C. The number of amides is 2. The van der Waals surface area contributed by atoms with Gasteiger partial charge in [0.15, 0.2) is 6.61 Å². The van der Waals surface area contributed by atoms with Crippen molar-refractivity contribution in [3.05, 3.63) is 29.8 Å². The summed E-state index contributed by atoms with van der Waals surface area (Å²) in [7, 11) is 0. The summed E-state index contributed by atoms with van der Waals surface area (Å²) in [5.74, 6) is -0.825. The number of nitrogens with one attached hydrogen (secondary N) is 1. The van der Waals surface area contributed by atoms with Crippen molar-refractivity contribution in [1.82, 2.24) is 10.2 Å². The number of ether oxygens (including phenoxy) is 2. The van der Waals surface area contributed by atoms with Gasteiger partial charge in [0.1, 0.15) is 12.3 Å². The van der Waals surface area contributed by atoms with Crippen molar-refractivity contribution in [1.29, 1.82) is 0 Å². The Hall–Kier alpha value is -2.57. The zero-order valence-electron chi connectivity index (χ0n) is 16.2. The van der Waals surface area contributed by atoms with Crippen LogP contribution in [-0.2, 0) is 14.3 Å². The lowest BCUT2D eigenvalue weighted by Crippen LogP contribution is -2.49. The number of hydrogen-bond acceptors (Lipinski definition) is 5. The van der Waals surface area contributed by atoms with Gasteiger partial charge in [-0.05, 0) is 52.2 Å². The number of piperidine rings is 1. The Morgan fingerprint density at radius 3 is 2.48 bits per heavy atom. The summed E-state index contributed by atoms with van der Waals surface area (Å²) in [6.45, 7) is 5.66. The fraction of sp³-hybridized carbons (Fsp3) is 0.550. The number of hydrogen-bond donors (Lipinski definition) is 1. The van der Waals surface area contributed by atoms with Crippen LogP contribution in [0.2, 0.25) is 0 Å². The summed E-state index contributed by atoms with van der Waals surface area (Å²) < 4.78 is 10.4. The van der Waals surface area contributed by atoms with Gasteiger partial charge in [-0.15, -0.1) is 0 Å². The van der Waals surface area contributed by atoms with E-state index in [4.69, 9.17) is 9.47 Å². The quantitative estimate of drug-likeness (QED) is 0.737. The molecule has 7 heteroatoms. The summed E-state index contributed by atoms with van der Waals surface area (Å²) in [5, 5.41) is 2.50. The average Bonchev–Trinajstić information content (AvgIpc) is 2.65. The van der Waals surface area contributed by atoms with E-state index in [0.29, 0.717) is 17.9 Å². The largest absolute Gasteiger partial charge is 0.493 e. The smallest absolute Gasteiger partial charge is 0.325 e. The van der Waals surface area contributed by atoms with Crippen LogP contribution in [0.1, 0.15) is 50.4 Å². The third kappa shape index (κ3) is 5.70. The molecule has 2 rings (SSSR count). The number of rotatable bonds is 7. The second-order valence-corrected chi connectivity index (χ2v) is 6.70. The highest BCUT2D eigenvalue weighted by atomic mass is 16.5. The molecule has 0 saturated carbocycles. The molecule has 27 heavy (non-hydrogen) atoms. The fourth-order valence-corrected chi connectivity index (χ4v) is 3.36. The summed E-state index contributed by atoms with van der Waals surface area (Å²) in [6.07, 6.45) is 3.01. The molecule has 0 aliphatic carbocycles. The first-order valence-corrected chi connectivity index (χ1v) is 9.40. The van der Waals surface area contributed by atoms with Crippen molar-refractivity contribution >= 4 is 17.8 Å². The lowest BCUT2D eigenvalue weighted by molar-refractivity contribution is -0.154. The molecule has 1 N–H and O–H groups in total. The Morgan fingerprint density at radius 2 is 1.81 bits per heavy atom. The minimum atomic E-state index is -0.650. The van der Waals surface area contributed by atoms with Gasteiger partial charge in [-0.3, -0.25) is 14.4 Å². The van der Waals surface area contributed by atoms with Gasteiger partial charge in [-0.2, -0.15) is 0 Å². The van der Waals surface area contributed by atoms with E-state index in [1.54, 1.807) is 29.2 Å². The third-order valence-corrected chi connectivity index (χ3v) is 4.66. The van der Waals surface area contributed by atoms with Crippen LogP contribution in [-0.4, -0.2) is 54.5 Å². The van der Waals surface area contributed by atoms with E-state index in [9.17, 15) is 14.4 Å². The summed E-state index contributed by atoms with van der Waals surface area (Å²) in [5.41, 5.74) is 0.346. The molecule has 1 aliphatic rings. The molecule has 0 unspecified atom stereocenters. The Bertz CT molecular complexity index is 666. The summed E-state index contributed by atoms with van der Waals surface area (Å²) >= 11 is 0. The van der Waals surface area contributed by atoms with Crippen LogP contribution in [0.25, 0.3) is 0 Å². The van der Waals surface area contributed by atoms with Gasteiger partial charge >= 0.3 is 5.97 Å². The van der Waals surface area contributed by atoms with E-state index in [0.717, 1.165) is 19.3 Å². The number of likely N-dealkylation sites (tertiary alicyclic amines) is 1. The standard InChI is InChI=1S/C20H28N2O5/c1-4-26-17-11-6-5-10-16(17)20(25)21-12-19(24)27-13-18(23)22-14(2)8-7-9-15(22)3/h5-6,10-11,14-15H,4,7-9,12-13H2,1-3H3,(H,21,25)/t14-,15-/m1/s1. The van der Waals surface area contributed by atoms with Crippen LogP contribution in [0.4, 0.5) is 0 Å². The average molecular weight is 376 g/mol. The molecule has 1 aromatic rings. The number of nitrogens with zero attached hydrogens (tertiary/aromatic N) is 1. The molecule has 1 aliphatic heterocycles. The predicted octanol–water partition coefficient (Wildman–Crippen LogP) is 2.15. The molecule has 0 spiro atoms. The van der Waals surface area contributed by atoms with E-state index >= 15 is 0 Å². The van der Waals surface area contributed by atoms with E-state index < -0.39 is 11.9 Å². The topological polar surface area (TPSA) is 84.9 Å². The lowest BCUT2D eigenvalue weighted by atomic mass is 9.97. The normalized spacial score (nSPS) is 19.3. The molecular formula is C20H28N2O5. The Labute approximate surface area is 160 Å². The van der Waals surface area contributed by atoms with Crippen LogP contribution in [0.5, 0.6) is 5.75 Å². The molecule has 2 atom stereocenters. The highest BCUT2D eigenvalue weighted by molar-refractivity contribution is 5.98. The molecule has 0 radical (unpaired) electrons. The van der Waals surface area contributed by atoms with Crippen molar-refractivity contribution < 1.29 is 23.9 Å². The number of para-hydroxylation sites is 1. The molecule has 0 bridgehead atoms. The van der Waals surface area contributed by atoms with Crippen molar-refractivity contribution in [2.24, 2.45) is 0 Å². The fourth-order valence-electron chi connectivity index (χ4n) is 3.36. The maximum absolute atomic E-state index is 12.3. The molecule has 1 aromatic carbocycles. The van der Waals surface area contributed by atoms with E-state index in [-0.39, 0.29) is 31.1 Å². The maximum atomic E-state index is 12.3. The van der Waals surface area contributed by atoms with Gasteiger partial charge in [-0.1, -0.05) is 12.1 Å². The molecule has 1 saturated heterocycles. The molecule has 148 valence electrons. The number of carbonyl (C=O) groups is 3. The molecule has 2 amide bonds. The molecule has 1 heterocycles. The monoisotopic (exact) mass is 376 g/mol. The minimum Gasteiger partial charge on any atom is -0.493 e. The van der Waals surface area contributed by atoms with Crippen molar-refractivity contribution in [2.45, 2.75) is 52.1 Å². The van der Waals surface area contributed by atoms with E-state index in [1.807, 2.05) is 20.8 Å². The second kappa shape index (κ2) is 9.94. The lowest BCUT2D eigenvalue weighted by Gasteiger charge is -2.38. The molecule has 0 aromatic heterocycles. The van der Waals surface area contributed by atoms with Gasteiger partial charge in [0, 0.05) is 12.1 Å². The predicted molar refractivity (Wildman–Crippen MR) is 101 cm³/mol. The van der Waals surface area contributed by atoms with E-state index in [1.165, 1.54) is 0 Å². The maximum Gasteiger partial charge on any atom is 0.325 e. The van der Waals surface area contributed by atoms with Crippen LogP contribution >= 0.6 is 0 Å². The number of benzene rings is 1. The van der Waals surface area contributed by atoms with Crippen LogP contribution in [0.3, 0.4) is 0 Å². The van der Waals surface area contributed by atoms with Crippen LogP contribution in [0, 0.1) is 0 Å². The highest BCUT2D eigenvalue weighted by Gasteiger charge is 2.29. The summed E-state index contributed by atoms with van der Waals surface area (Å²) in [4.78, 5) is 38.3. The molecule has 7 nitrogen and oxygen atoms in total. The van der Waals surface area contributed by atoms with Crippen molar-refractivity contribution in [3.63, 3.8) is 0 Å². The second-order valence-electron chi connectivity index (χ2n) is 6.70. The Kier molecular flexibility index (Phi) is 7.64. The summed E-state index contributed by atoms with van der Waals surface area (Å²) in [6, 6.07) is 7.09. The van der Waals surface area contributed by atoms with Gasteiger partial charge in [0.25, 0.3) is 11.8 Å². The zero-order chi connectivity index (χ0) is 19.8. The molecular weight excluding hydrogens is 348 g/mol. The van der Waals surface area contributed by atoms with Crippen LogP contribution < -0.4 is 10.1 Å². The van der Waals surface area contributed by atoms with Crippen LogP contribution in [0.15, 0.2) is 24.3 Å². The van der Waals surface area contributed by atoms with Gasteiger partial charge in [-0.25, -0.2) is 0 Å². The van der Waals surface area contributed by atoms with Crippen molar-refractivity contribution in [2.75, 3.05) is 19.8 Å². The molecule has 1 fully saturated rings. The van der Waals surface area contributed by atoms with Crippen molar-refractivity contribution in [3.8, 4) is 5.75 Å². The first-order valence-electron chi connectivity index (χ1n) is 9.40. The number of esters is 1. The van der Waals surface area contributed by atoms with Gasteiger partial charge in [0.05, 0.1) is 12.2 Å². The third-order valence-electron chi connectivity index (χ3n) is 4.66. The van der Waals surface area contributed by atoms with E-state index in [2.05, 4.69) is 5.32 Å².